The smallest absolute Gasteiger partial charge is 0.328 e. The van der Waals surface area contributed by atoms with Gasteiger partial charge in [-0.25, -0.2) is 9.78 Å². The molecule has 9 heteroatoms. The highest BCUT2D eigenvalue weighted by molar-refractivity contribution is 6.20. The van der Waals surface area contributed by atoms with Crippen molar-refractivity contribution in [2.75, 3.05) is 11.4 Å². The maximum absolute atomic E-state index is 13.2. The summed E-state index contributed by atoms with van der Waals surface area (Å²) in [5.74, 6) is -1.82. The van der Waals surface area contributed by atoms with Gasteiger partial charge >= 0.3 is 6.03 Å². The van der Waals surface area contributed by atoms with Crippen LogP contribution in [0.2, 0.25) is 0 Å². The van der Waals surface area contributed by atoms with E-state index in [2.05, 4.69) is 15.6 Å². The first kappa shape index (κ1) is 19.6. The number of amides is 4. The van der Waals surface area contributed by atoms with Crippen molar-refractivity contribution in [3.63, 3.8) is 0 Å². The number of nitrogens with one attached hydrogen (secondary N) is 2. The Morgan fingerprint density at radius 3 is 2.48 bits per heavy atom. The molecule has 0 aliphatic carbocycles. The van der Waals surface area contributed by atoms with E-state index in [1.165, 1.54) is 12.3 Å². The second-order valence-corrected chi connectivity index (χ2v) is 8.35. The number of benzene rings is 1. The zero-order valence-corrected chi connectivity index (χ0v) is 17.0. The average molecular weight is 424 g/mol. The van der Waals surface area contributed by atoms with Gasteiger partial charge in [0.25, 0.3) is 0 Å². The summed E-state index contributed by atoms with van der Waals surface area (Å²) in [6.07, 6.45) is 1.03. The van der Waals surface area contributed by atoms with Gasteiger partial charge in [-0.2, -0.15) is 4.39 Å². The Balaban J connectivity index is 1.66. The predicted octanol–water partition coefficient (Wildman–Crippen LogP) is 1.78. The normalized spacial score (nSPS) is 26.7. The second kappa shape index (κ2) is 6.84. The Hall–Kier alpha value is -3.33. The lowest BCUT2D eigenvalue weighted by molar-refractivity contribution is -0.153. The first-order valence-corrected chi connectivity index (χ1v) is 10.1. The van der Waals surface area contributed by atoms with Crippen molar-refractivity contribution in [3.8, 4) is 11.1 Å². The van der Waals surface area contributed by atoms with Gasteiger partial charge in [0.15, 0.2) is 5.41 Å². The van der Waals surface area contributed by atoms with Gasteiger partial charge in [0.1, 0.15) is 0 Å². The molecule has 1 aromatic carbocycles. The number of hydrogen-bond donors (Lipinski definition) is 2. The molecule has 3 aliphatic heterocycles. The van der Waals surface area contributed by atoms with Crippen LogP contribution in [-0.2, 0) is 20.7 Å². The maximum Gasteiger partial charge on any atom is 0.328 e. The van der Waals surface area contributed by atoms with Gasteiger partial charge in [-0.15, -0.1) is 0 Å². The number of pyridine rings is 1. The third kappa shape index (κ3) is 2.91. The van der Waals surface area contributed by atoms with Crippen LogP contribution in [0.5, 0.6) is 0 Å². The molecule has 0 unspecified atom stereocenters. The summed E-state index contributed by atoms with van der Waals surface area (Å²) in [6.45, 7) is 4.28. The molecule has 2 fully saturated rings. The van der Waals surface area contributed by atoms with Gasteiger partial charge < -0.3 is 9.64 Å². The van der Waals surface area contributed by atoms with Crippen molar-refractivity contribution in [2.45, 2.75) is 38.5 Å². The Morgan fingerprint density at radius 1 is 1.10 bits per heavy atom. The van der Waals surface area contributed by atoms with Crippen molar-refractivity contribution < 1.29 is 23.5 Å². The molecule has 5 rings (SSSR count). The van der Waals surface area contributed by atoms with Gasteiger partial charge in [-0.3, -0.25) is 20.2 Å². The molecule has 0 radical (unpaired) electrons. The quantitative estimate of drug-likeness (QED) is 0.535. The summed E-state index contributed by atoms with van der Waals surface area (Å²) in [4.78, 5) is 43.8. The summed E-state index contributed by atoms with van der Waals surface area (Å²) >= 11 is 0. The number of urea groups is 1. The summed E-state index contributed by atoms with van der Waals surface area (Å²) in [6, 6.07) is 7.28. The molecule has 3 aliphatic rings. The molecule has 8 nitrogen and oxygen atoms in total. The van der Waals surface area contributed by atoms with Crippen molar-refractivity contribution in [3.05, 3.63) is 48.0 Å². The van der Waals surface area contributed by atoms with Gasteiger partial charge in [0.05, 0.1) is 18.2 Å². The number of barbiturate groups is 1. The third-order valence-corrected chi connectivity index (χ3v) is 6.37. The number of carbonyl (C=O) groups is 3. The van der Waals surface area contributed by atoms with E-state index in [-0.39, 0.29) is 12.5 Å². The minimum Gasteiger partial charge on any atom is -0.372 e. The highest BCUT2D eigenvalue weighted by Gasteiger charge is 2.62. The number of morpholine rings is 1. The van der Waals surface area contributed by atoms with E-state index in [0.29, 0.717) is 6.54 Å². The molecule has 2 aromatic rings. The Kier molecular flexibility index (Phi) is 4.33. The van der Waals surface area contributed by atoms with Crippen molar-refractivity contribution in [2.24, 2.45) is 5.41 Å². The molecule has 3 atom stereocenters. The molecule has 2 N–H and O–H groups in total. The van der Waals surface area contributed by atoms with Crippen molar-refractivity contribution in [1.82, 2.24) is 15.6 Å². The van der Waals surface area contributed by atoms with E-state index in [1.54, 1.807) is 6.07 Å². The molecule has 4 amide bonds. The number of imide groups is 2. The van der Waals surface area contributed by atoms with Crippen LogP contribution in [-0.4, -0.2) is 47.6 Å². The zero-order valence-electron chi connectivity index (χ0n) is 17.0. The first-order valence-electron chi connectivity index (χ1n) is 10.1. The molecular formula is C22H21FN4O4. The van der Waals surface area contributed by atoms with Crippen LogP contribution < -0.4 is 15.5 Å². The third-order valence-electron chi connectivity index (χ3n) is 6.37. The number of hydrogen-bond acceptors (Lipinski definition) is 6. The van der Waals surface area contributed by atoms with Gasteiger partial charge in [-0.1, -0.05) is 6.07 Å². The fourth-order valence-corrected chi connectivity index (χ4v) is 5.17. The summed E-state index contributed by atoms with van der Waals surface area (Å²) < 4.78 is 19.2. The van der Waals surface area contributed by atoms with Crippen LogP contribution in [0, 0.1) is 11.4 Å². The zero-order chi connectivity index (χ0) is 21.9. The number of rotatable bonds is 1. The summed E-state index contributed by atoms with van der Waals surface area (Å²) in [5, 5.41) is 4.55. The first-order chi connectivity index (χ1) is 14.8. The van der Waals surface area contributed by atoms with E-state index in [1.807, 2.05) is 36.9 Å². The molecular weight excluding hydrogens is 403 g/mol. The van der Waals surface area contributed by atoms with Crippen LogP contribution in [0.25, 0.3) is 11.1 Å². The number of ether oxygens (including phenoxy) is 1. The monoisotopic (exact) mass is 424 g/mol. The molecule has 1 aromatic heterocycles. The van der Waals surface area contributed by atoms with Crippen molar-refractivity contribution in [1.29, 1.82) is 0 Å². The van der Waals surface area contributed by atoms with E-state index < -0.39 is 41.4 Å². The fourth-order valence-electron chi connectivity index (χ4n) is 5.17. The fraction of sp³-hybridized carbons (Fsp3) is 0.364. The van der Waals surface area contributed by atoms with Gasteiger partial charge in [0, 0.05) is 24.0 Å². The van der Waals surface area contributed by atoms with Crippen LogP contribution in [0.4, 0.5) is 14.9 Å². The van der Waals surface area contributed by atoms with Crippen molar-refractivity contribution >= 4 is 23.5 Å². The maximum atomic E-state index is 13.2. The van der Waals surface area contributed by atoms with Gasteiger partial charge in [-0.05, 0) is 55.7 Å². The number of aromatic nitrogens is 1. The number of halogens is 1. The minimum absolute atomic E-state index is 0.105. The SMILES string of the molecule is C[C@@H]1CN2c3ccc(-c4ccc(F)nc4)cc3CC3(C(=O)NC(=O)NC3=O)[C@H]2[C@H](C)O1. The minimum atomic E-state index is -1.51. The summed E-state index contributed by atoms with van der Waals surface area (Å²) in [7, 11) is 0. The number of carbonyl (C=O) groups excluding carboxylic acids is 3. The number of fused-ring (bicyclic) bond motifs is 4. The van der Waals surface area contributed by atoms with E-state index >= 15 is 0 Å². The number of nitrogens with zero attached hydrogens (tertiary/aromatic N) is 2. The van der Waals surface area contributed by atoms with E-state index in [9.17, 15) is 18.8 Å². The van der Waals surface area contributed by atoms with Crippen LogP contribution in [0.3, 0.4) is 0 Å². The molecule has 31 heavy (non-hydrogen) atoms. The summed E-state index contributed by atoms with van der Waals surface area (Å²) in [5.41, 5.74) is 1.70. The number of anilines is 1. The Morgan fingerprint density at radius 2 is 1.81 bits per heavy atom. The lowest BCUT2D eigenvalue weighted by Crippen LogP contribution is -2.75. The van der Waals surface area contributed by atoms with E-state index in [4.69, 9.17) is 4.74 Å². The highest BCUT2D eigenvalue weighted by atomic mass is 19.1. The average Bonchev–Trinajstić information content (AvgIpc) is 2.71. The standard InChI is InChI=1S/C22H21FN4O4/c1-11-10-27-16-5-3-13(14-4-6-17(23)24-9-14)7-15(16)8-22(18(27)12(2)31-11)19(28)25-21(30)26-20(22)29/h3-7,9,11-12,18H,8,10H2,1-2H3,(H2,25,26,28,29,30)/t11-,12+,18-/m1/s1. The Labute approximate surface area is 177 Å². The molecule has 160 valence electrons. The predicted molar refractivity (Wildman–Crippen MR) is 109 cm³/mol. The second-order valence-electron chi connectivity index (χ2n) is 8.35. The molecule has 4 heterocycles. The molecule has 2 saturated heterocycles. The molecule has 0 saturated carbocycles. The lowest BCUT2D eigenvalue weighted by Gasteiger charge is -2.55. The highest BCUT2D eigenvalue weighted by Crippen LogP contribution is 2.47. The largest absolute Gasteiger partial charge is 0.372 e. The Bertz CT molecular complexity index is 1080. The van der Waals surface area contributed by atoms with Crippen LogP contribution >= 0.6 is 0 Å². The molecule has 1 spiro atoms. The van der Waals surface area contributed by atoms with Gasteiger partial charge in [0.2, 0.25) is 17.8 Å². The lowest BCUT2D eigenvalue weighted by atomic mass is 9.66. The van der Waals surface area contributed by atoms with Crippen LogP contribution in [0.1, 0.15) is 19.4 Å². The molecule has 0 bridgehead atoms. The van der Waals surface area contributed by atoms with Crippen LogP contribution in [0.15, 0.2) is 36.5 Å². The van der Waals surface area contributed by atoms with E-state index in [0.717, 1.165) is 22.4 Å². The topological polar surface area (TPSA) is 101 Å².